The van der Waals surface area contributed by atoms with Gasteiger partial charge in [0.15, 0.2) is 0 Å². The first kappa shape index (κ1) is 25.0. The number of benzene rings is 1. The molecule has 0 aliphatic heterocycles. The molecule has 11 heteroatoms. The molecule has 1 fully saturated rings. The van der Waals surface area contributed by atoms with Gasteiger partial charge in [0.25, 0.3) is 0 Å². The van der Waals surface area contributed by atoms with Gasteiger partial charge in [-0.25, -0.2) is 8.42 Å². The summed E-state index contributed by atoms with van der Waals surface area (Å²) in [4.78, 5) is 3.89. The first-order valence-corrected chi connectivity index (χ1v) is 12.6. The summed E-state index contributed by atoms with van der Waals surface area (Å²) >= 11 is 0. The quantitative estimate of drug-likeness (QED) is 0.493. The molecule has 1 aliphatic rings. The molecule has 1 unspecified atom stereocenters. The number of halogens is 3. The number of alkyl halides is 3. The highest BCUT2D eigenvalue weighted by atomic mass is 32.2. The Morgan fingerprint density at radius 1 is 1.26 bits per heavy atom. The first-order chi connectivity index (χ1) is 16.5. The van der Waals surface area contributed by atoms with Crippen molar-refractivity contribution in [2.24, 2.45) is 0 Å². The number of aryl methyl sites for hydroxylation is 1. The fourth-order valence-electron chi connectivity index (χ4n) is 4.61. The van der Waals surface area contributed by atoms with Gasteiger partial charge in [-0.15, -0.1) is 0 Å². The second-order valence-corrected chi connectivity index (χ2v) is 10.5. The maximum atomic E-state index is 12.9. The van der Waals surface area contributed by atoms with Gasteiger partial charge in [0.1, 0.15) is 22.8 Å². The number of nitrogens with one attached hydrogen (secondary N) is 1. The summed E-state index contributed by atoms with van der Waals surface area (Å²) in [5.74, 6) is 0.642. The number of ether oxygens (including phenoxy) is 1. The van der Waals surface area contributed by atoms with Crippen LogP contribution in [-0.2, 0) is 10.0 Å². The van der Waals surface area contributed by atoms with Crippen LogP contribution < -0.4 is 9.46 Å². The second-order valence-electron chi connectivity index (χ2n) is 8.75. The van der Waals surface area contributed by atoms with E-state index in [0.717, 1.165) is 49.9 Å². The zero-order valence-corrected chi connectivity index (χ0v) is 20.3. The lowest BCUT2D eigenvalue weighted by Gasteiger charge is -2.19. The Labute approximate surface area is 201 Å². The first-order valence-electron chi connectivity index (χ1n) is 11.2. The largest absolute Gasteiger partial charge is 0.496 e. The van der Waals surface area contributed by atoms with Gasteiger partial charge in [-0.1, -0.05) is 12.8 Å². The standard InChI is InChI=1S/C24H25F3N4O3S/c1-14-10-21-18(11-22(14)34-3)19(12-28)23(31(21)16-6-4-5-7-16)20-9-8-17(13-29-20)35(32,33)30-15(2)24(25,26)27/h8-11,13,15-16,30H,4-7H2,1-3H3. The van der Waals surface area contributed by atoms with Crippen LogP contribution in [0.1, 0.15) is 49.8 Å². The molecule has 2 aromatic heterocycles. The molecule has 35 heavy (non-hydrogen) atoms. The molecule has 0 spiro atoms. The van der Waals surface area contributed by atoms with Crippen LogP contribution in [0.2, 0.25) is 0 Å². The number of rotatable bonds is 6. The molecule has 1 saturated carbocycles. The van der Waals surface area contributed by atoms with E-state index in [2.05, 4.69) is 15.6 Å². The number of nitrogens with zero attached hydrogens (tertiary/aromatic N) is 3. The van der Waals surface area contributed by atoms with Crippen molar-refractivity contribution in [3.8, 4) is 23.2 Å². The van der Waals surface area contributed by atoms with Gasteiger partial charge in [0.2, 0.25) is 10.0 Å². The maximum absolute atomic E-state index is 12.9. The Balaban J connectivity index is 1.85. The van der Waals surface area contributed by atoms with Crippen LogP contribution in [0, 0.1) is 18.3 Å². The van der Waals surface area contributed by atoms with E-state index in [9.17, 15) is 26.9 Å². The fourth-order valence-corrected chi connectivity index (χ4v) is 5.79. The van der Waals surface area contributed by atoms with Crippen molar-refractivity contribution in [1.29, 1.82) is 5.26 Å². The molecule has 0 saturated heterocycles. The van der Waals surface area contributed by atoms with Crippen molar-refractivity contribution in [2.75, 3.05) is 7.11 Å². The minimum Gasteiger partial charge on any atom is -0.496 e. The van der Waals surface area contributed by atoms with Crippen LogP contribution in [0.15, 0.2) is 35.4 Å². The number of methoxy groups -OCH3 is 1. The minimum absolute atomic E-state index is 0.141. The Bertz CT molecular complexity index is 1400. The van der Waals surface area contributed by atoms with E-state index in [0.29, 0.717) is 28.1 Å². The van der Waals surface area contributed by atoms with Gasteiger partial charge in [-0.3, -0.25) is 4.98 Å². The Hall–Kier alpha value is -3.10. The van der Waals surface area contributed by atoms with Crippen molar-refractivity contribution < 1.29 is 26.3 Å². The third-order valence-corrected chi connectivity index (χ3v) is 7.96. The molecule has 0 bridgehead atoms. The second kappa shape index (κ2) is 9.17. The summed E-state index contributed by atoms with van der Waals surface area (Å²) in [5.41, 5.74) is 3.08. The molecule has 1 atom stereocenters. The van der Waals surface area contributed by atoms with E-state index in [1.165, 1.54) is 12.1 Å². The SMILES string of the molecule is COc1cc2c(C#N)c(-c3ccc(S(=O)(=O)NC(C)C(F)(F)F)cn3)n(C3CCCC3)c2cc1C. The molecule has 1 aromatic carbocycles. The number of aromatic nitrogens is 2. The smallest absolute Gasteiger partial charge is 0.404 e. The molecule has 2 heterocycles. The predicted octanol–water partition coefficient (Wildman–Crippen LogP) is 5.24. The van der Waals surface area contributed by atoms with Crippen molar-refractivity contribution in [3.63, 3.8) is 0 Å². The summed E-state index contributed by atoms with van der Waals surface area (Å²) < 4.78 is 72.7. The van der Waals surface area contributed by atoms with Crippen LogP contribution in [-0.4, -0.2) is 37.3 Å². The maximum Gasteiger partial charge on any atom is 0.404 e. The number of fused-ring (bicyclic) bond motifs is 1. The number of nitriles is 1. The molecule has 0 radical (unpaired) electrons. The van der Waals surface area contributed by atoms with Crippen LogP contribution in [0.5, 0.6) is 5.75 Å². The predicted molar refractivity (Wildman–Crippen MR) is 125 cm³/mol. The molecule has 4 rings (SSSR count). The summed E-state index contributed by atoms with van der Waals surface area (Å²) in [6.07, 6.45) is 0.258. The molecule has 0 amide bonds. The third kappa shape index (κ3) is 4.60. The van der Waals surface area contributed by atoms with Gasteiger partial charge >= 0.3 is 6.18 Å². The average Bonchev–Trinajstić information content (AvgIpc) is 3.43. The van der Waals surface area contributed by atoms with Gasteiger partial charge < -0.3 is 9.30 Å². The highest BCUT2D eigenvalue weighted by molar-refractivity contribution is 7.89. The van der Waals surface area contributed by atoms with Gasteiger partial charge in [-0.2, -0.15) is 23.2 Å². The van der Waals surface area contributed by atoms with E-state index >= 15 is 0 Å². The van der Waals surface area contributed by atoms with Gasteiger partial charge in [0.05, 0.1) is 29.6 Å². The lowest BCUT2D eigenvalue weighted by molar-refractivity contribution is -0.147. The van der Waals surface area contributed by atoms with E-state index in [4.69, 9.17) is 4.74 Å². The Morgan fingerprint density at radius 3 is 2.49 bits per heavy atom. The van der Waals surface area contributed by atoms with Crippen molar-refractivity contribution in [2.45, 2.75) is 62.7 Å². The number of hydrogen-bond acceptors (Lipinski definition) is 5. The van der Waals surface area contributed by atoms with E-state index in [1.807, 2.05) is 19.1 Å². The topological polar surface area (TPSA) is 97.0 Å². The van der Waals surface area contributed by atoms with Crippen molar-refractivity contribution in [3.05, 3.63) is 41.6 Å². The fraction of sp³-hybridized carbons (Fsp3) is 0.417. The van der Waals surface area contributed by atoms with Crippen LogP contribution >= 0.6 is 0 Å². The highest BCUT2D eigenvalue weighted by Gasteiger charge is 2.39. The summed E-state index contributed by atoms with van der Waals surface area (Å²) in [5, 5.41) is 10.8. The minimum atomic E-state index is -4.72. The Morgan fingerprint density at radius 2 is 1.94 bits per heavy atom. The van der Waals surface area contributed by atoms with Crippen LogP contribution in [0.25, 0.3) is 22.3 Å². The number of hydrogen-bond donors (Lipinski definition) is 1. The highest BCUT2D eigenvalue weighted by Crippen LogP contribution is 2.42. The zero-order chi connectivity index (χ0) is 25.5. The third-order valence-electron chi connectivity index (χ3n) is 6.43. The van der Waals surface area contributed by atoms with Crippen LogP contribution in [0.3, 0.4) is 0 Å². The van der Waals surface area contributed by atoms with Gasteiger partial charge in [-0.05, 0) is 56.5 Å². The van der Waals surface area contributed by atoms with Gasteiger partial charge in [0, 0.05) is 17.6 Å². The summed E-state index contributed by atoms with van der Waals surface area (Å²) in [6.45, 7) is 2.65. The molecule has 186 valence electrons. The summed E-state index contributed by atoms with van der Waals surface area (Å²) in [6, 6.07) is 6.58. The molecule has 1 aliphatic carbocycles. The van der Waals surface area contributed by atoms with E-state index < -0.39 is 27.1 Å². The molecule has 3 aromatic rings. The average molecular weight is 507 g/mol. The zero-order valence-electron chi connectivity index (χ0n) is 19.5. The van der Waals surface area contributed by atoms with Crippen molar-refractivity contribution >= 4 is 20.9 Å². The number of pyridine rings is 1. The molecule has 1 N–H and O–H groups in total. The monoisotopic (exact) mass is 506 g/mol. The molecule has 7 nitrogen and oxygen atoms in total. The lowest BCUT2D eigenvalue weighted by atomic mass is 10.1. The Kier molecular flexibility index (Phi) is 6.55. The number of sulfonamides is 1. The molecular formula is C24H25F3N4O3S. The van der Waals surface area contributed by atoms with E-state index in [1.54, 1.807) is 11.8 Å². The van der Waals surface area contributed by atoms with Crippen LogP contribution in [0.4, 0.5) is 13.2 Å². The lowest BCUT2D eigenvalue weighted by Crippen LogP contribution is -2.42. The summed E-state index contributed by atoms with van der Waals surface area (Å²) in [7, 11) is -2.88. The molecular weight excluding hydrogens is 481 g/mol. The van der Waals surface area contributed by atoms with Crippen molar-refractivity contribution in [1.82, 2.24) is 14.3 Å². The normalized spacial score (nSPS) is 15.9. The van der Waals surface area contributed by atoms with E-state index in [-0.39, 0.29) is 6.04 Å².